The number of rotatable bonds is 5. The zero-order valence-corrected chi connectivity index (χ0v) is 14.4. The molecule has 0 aliphatic rings. The van der Waals surface area contributed by atoms with Gasteiger partial charge in [-0.15, -0.1) is 11.3 Å². The Bertz CT molecular complexity index is 1070. The summed E-state index contributed by atoms with van der Waals surface area (Å²) in [6.07, 6.45) is 2.79. The number of thiophene rings is 1. The van der Waals surface area contributed by atoms with Gasteiger partial charge >= 0.3 is 0 Å². The van der Waals surface area contributed by atoms with Crippen molar-refractivity contribution >= 4 is 27.2 Å². The van der Waals surface area contributed by atoms with E-state index in [1.54, 1.807) is 4.68 Å². The number of nitrogens with zero attached hydrogens (tertiary/aromatic N) is 3. The summed E-state index contributed by atoms with van der Waals surface area (Å²) in [6.45, 7) is 0. The summed E-state index contributed by atoms with van der Waals surface area (Å²) < 4.78 is 34.3. The van der Waals surface area contributed by atoms with E-state index in [-0.39, 0.29) is 10.7 Å². The van der Waals surface area contributed by atoms with Crippen molar-refractivity contribution < 1.29 is 12.9 Å². The second-order valence-corrected chi connectivity index (χ2v) is 7.69. The summed E-state index contributed by atoms with van der Waals surface area (Å²) >= 11 is 1.42. The predicted octanol–water partition coefficient (Wildman–Crippen LogP) is 3.39. The third-order valence-corrected chi connectivity index (χ3v) is 5.65. The molecule has 0 amide bonds. The lowest BCUT2D eigenvalue weighted by atomic mass is 10.3. The van der Waals surface area contributed by atoms with Crippen LogP contribution in [0.2, 0.25) is 0 Å². The van der Waals surface area contributed by atoms with Crippen molar-refractivity contribution in [2.45, 2.75) is 4.90 Å². The summed E-state index contributed by atoms with van der Waals surface area (Å²) in [5, 5.41) is 9.95. The number of sulfonamides is 1. The quantitative estimate of drug-likeness (QED) is 0.580. The molecule has 0 aliphatic carbocycles. The third kappa shape index (κ3) is 3.06. The average Bonchev–Trinajstić information content (AvgIpc) is 3.36. The van der Waals surface area contributed by atoms with Crippen LogP contribution in [-0.2, 0) is 10.0 Å². The first kappa shape index (κ1) is 15.6. The second-order valence-electron chi connectivity index (χ2n) is 5.09. The fourth-order valence-corrected chi connectivity index (χ4v) is 4.23. The van der Waals surface area contributed by atoms with E-state index in [9.17, 15) is 8.42 Å². The highest BCUT2D eigenvalue weighted by atomic mass is 32.2. The molecule has 0 aliphatic heterocycles. The van der Waals surface area contributed by atoms with Crippen LogP contribution in [0.5, 0.6) is 0 Å². The standard InChI is InChI=1S/C16H12N4O3S2/c21-25(22,19-15-8-9-23-18-15)14-11-20(12-5-2-1-3-6-12)17-16(14)13-7-4-10-24-13/h1-11H,(H,18,19). The Balaban J connectivity index is 1.84. The minimum atomic E-state index is -3.88. The Morgan fingerprint density at radius 3 is 2.60 bits per heavy atom. The molecule has 4 rings (SSSR count). The number of hydrogen-bond acceptors (Lipinski definition) is 6. The molecular formula is C16H12N4O3S2. The summed E-state index contributed by atoms with van der Waals surface area (Å²) in [7, 11) is -3.88. The van der Waals surface area contributed by atoms with Crippen LogP contribution in [0.1, 0.15) is 0 Å². The van der Waals surface area contributed by atoms with Crippen molar-refractivity contribution in [1.29, 1.82) is 0 Å². The Kier molecular flexibility index (Phi) is 3.86. The lowest BCUT2D eigenvalue weighted by Crippen LogP contribution is -2.13. The van der Waals surface area contributed by atoms with Crippen LogP contribution in [0.15, 0.2) is 75.8 Å². The van der Waals surface area contributed by atoms with Gasteiger partial charge in [0.2, 0.25) is 0 Å². The molecule has 0 saturated heterocycles. The first-order valence-corrected chi connectivity index (χ1v) is 9.62. The molecule has 1 aromatic carbocycles. The van der Waals surface area contributed by atoms with E-state index in [1.165, 1.54) is 29.9 Å². The molecule has 0 spiro atoms. The van der Waals surface area contributed by atoms with Gasteiger partial charge in [0.25, 0.3) is 10.0 Å². The van der Waals surface area contributed by atoms with E-state index in [1.807, 2.05) is 47.8 Å². The molecule has 9 heteroatoms. The summed E-state index contributed by atoms with van der Waals surface area (Å²) in [4.78, 5) is 0.831. The maximum absolute atomic E-state index is 12.8. The SMILES string of the molecule is O=S(=O)(Nc1ccon1)c1cn(-c2ccccc2)nc1-c1cccs1. The molecule has 3 heterocycles. The lowest BCUT2D eigenvalue weighted by molar-refractivity contribution is 0.423. The van der Waals surface area contributed by atoms with Gasteiger partial charge < -0.3 is 4.52 Å². The van der Waals surface area contributed by atoms with Crippen LogP contribution < -0.4 is 4.72 Å². The number of aromatic nitrogens is 3. The molecule has 0 unspecified atom stereocenters. The van der Waals surface area contributed by atoms with Crippen LogP contribution >= 0.6 is 11.3 Å². The minimum absolute atomic E-state index is 0.0711. The van der Waals surface area contributed by atoms with E-state index in [2.05, 4.69) is 19.5 Å². The summed E-state index contributed by atoms with van der Waals surface area (Å²) in [5.74, 6) is 0.115. The van der Waals surface area contributed by atoms with Gasteiger partial charge in [0.05, 0.1) is 16.8 Å². The molecule has 126 valence electrons. The molecule has 1 N–H and O–H groups in total. The van der Waals surface area contributed by atoms with Gasteiger partial charge in [-0.2, -0.15) is 5.10 Å². The largest absolute Gasteiger partial charge is 0.363 e. The van der Waals surface area contributed by atoms with Crippen LogP contribution in [0.25, 0.3) is 16.3 Å². The smallest absolute Gasteiger partial charge is 0.266 e. The Hall–Kier alpha value is -2.91. The fraction of sp³-hybridized carbons (Fsp3) is 0. The number of benzene rings is 1. The number of nitrogens with one attached hydrogen (secondary N) is 1. The Labute approximate surface area is 147 Å². The van der Waals surface area contributed by atoms with Gasteiger partial charge in [0.1, 0.15) is 16.9 Å². The highest BCUT2D eigenvalue weighted by Gasteiger charge is 2.25. The maximum atomic E-state index is 12.8. The predicted molar refractivity (Wildman–Crippen MR) is 94.2 cm³/mol. The number of hydrogen-bond donors (Lipinski definition) is 1. The zero-order valence-electron chi connectivity index (χ0n) is 12.7. The molecule has 0 radical (unpaired) electrons. The van der Waals surface area contributed by atoms with Gasteiger partial charge in [0.15, 0.2) is 5.82 Å². The van der Waals surface area contributed by atoms with Crippen molar-refractivity contribution in [3.8, 4) is 16.3 Å². The van der Waals surface area contributed by atoms with Gasteiger partial charge in [-0.25, -0.2) is 13.1 Å². The average molecular weight is 372 g/mol. The highest BCUT2D eigenvalue weighted by molar-refractivity contribution is 7.92. The normalized spacial score (nSPS) is 11.5. The Morgan fingerprint density at radius 1 is 1.08 bits per heavy atom. The molecule has 0 saturated carbocycles. The van der Waals surface area contributed by atoms with Crippen molar-refractivity contribution in [3.05, 3.63) is 66.4 Å². The third-order valence-electron chi connectivity index (χ3n) is 3.42. The lowest BCUT2D eigenvalue weighted by Gasteiger charge is -2.03. The van der Waals surface area contributed by atoms with Gasteiger partial charge in [0, 0.05) is 6.07 Å². The molecule has 3 aromatic heterocycles. The molecule has 0 fully saturated rings. The van der Waals surface area contributed by atoms with Crippen molar-refractivity contribution in [2.24, 2.45) is 0 Å². The molecule has 4 aromatic rings. The highest BCUT2D eigenvalue weighted by Crippen LogP contribution is 2.31. The van der Waals surface area contributed by atoms with Crippen LogP contribution in [0.4, 0.5) is 5.82 Å². The van der Waals surface area contributed by atoms with Gasteiger partial charge in [-0.1, -0.05) is 29.4 Å². The van der Waals surface area contributed by atoms with Crippen molar-refractivity contribution in [1.82, 2.24) is 14.9 Å². The van der Waals surface area contributed by atoms with Crippen LogP contribution in [0, 0.1) is 0 Å². The summed E-state index contributed by atoms with van der Waals surface area (Å²) in [5.41, 5.74) is 1.15. The van der Waals surface area contributed by atoms with E-state index < -0.39 is 10.0 Å². The first-order valence-electron chi connectivity index (χ1n) is 7.26. The number of para-hydroxylation sites is 1. The van der Waals surface area contributed by atoms with Crippen LogP contribution in [-0.4, -0.2) is 23.4 Å². The monoisotopic (exact) mass is 372 g/mol. The fourth-order valence-electron chi connectivity index (χ4n) is 2.31. The van der Waals surface area contributed by atoms with E-state index in [0.717, 1.165) is 10.6 Å². The number of anilines is 1. The molecule has 0 bridgehead atoms. The minimum Gasteiger partial charge on any atom is -0.363 e. The summed E-state index contributed by atoms with van der Waals surface area (Å²) in [6, 6.07) is 14.4. The van der Waals surface area contributed by atoms with E-state index in [0.29, 0.717) is 5.69 Å². The van der Waals surface area contributed by atoms with E-state index >= 15 is 0 Å². The molecule has 7 nitrogen and oxygen atoms in total. The van der Waals surface area contributed by atoms with Crippen molar-refractivity contribution in [2.75, 3.05) is 4.72 Å². The zero-order chi connectivity index (χ0) is 17.3. The van der Waals surface area contributed by atoms with Gasteiger partial charge in [-0.05, 0) is 23.6 Å². The maximum Gasteiger partial charge on any atom is 0.266 e. The van der Waals surface area contributed by atoms with Crippen molar-refractivity contribution in [3.63, 3.8) is 0 Å². The second kappa shape index (κ2) is 6.19. The van der Waals surface area contributed by atoms with E-state index in [4.69, 9.17) is 0 Å². The molecule has 0 atom stereocenters. The van der Waals surface area contributed by atoms with Crippen LogP contribution in [0.3, 0.4) is 0 Å². The topological polar surface area (TPSA) is 90.0 Å². The van der Waals surface area contributed by atoms with Gasteiger partial charge in [-0.3, -0.25) is 4.72 Å². The molecular weight excluding hydrogens is 360 g/mol. The first-order chi connectivity index (χ1) is 12.1. The molecule has 25 heavy (non-hydrogen) atoms. The Morgan fingerprint density at radius 2 is 1.92 bits per heavy atom.